The van der Waals surface area contributed by atoms with Gasteiger partial charge in [-0.05, 0) is 48.6 Å². The van der Waals surface area contributed by atoms with E-state index in [-0.39, 0.29) is 5.91 Å². The van der Waals surface area contributed by atoms with Crippen molar-refractivity contribution in [3.8, 4) is 11.4 Å². The predicted molar refractivity (Wildman–Crippen MR) is 100 cm³/mol. The highest BCUT2D eigenvalue weighted by Gasteiger charge is 2.13. The minimum absolute atomic E-state index is 0.226. The Bertz CT molecular complexity index is 904. The van der Waals surface area contributed by atoms with Crippen molar-refractivity contribution in [2.24, 2.45) is 0 Å². The molecule has 7 heteroatoms. The Morgan fingerprint density at radius 3 is 2.60 bits per heavy atom. The molecule has 0 fully saturated rings. The van der Waals surface area contributed by atoms with E-state index in [4.69, 9.17) is 28.6 Å². The molecule has 0 aliphatic rings. The maximum atomic E-state index is 12.4. The fourth-order valence-corrected chi connectivity index (χ4v) is 2.71. The molecular formula is C18H16ClN3O2S. The molecule has 3 rings (SSSR count). The van der Waals surface area contributed by atoms with Gasteiger partial charge in [0.25, 0.3) is 5.91 Å². The average Bonchev–Trinajstić information content (AvgIpc) is 3.02. The lowest BCUT2D eigenvalue weighted by molar-refractivity contribution is 0.0940. The highest BCUT2D eigenvalue weighted by molar-refractivity contribution is 7.71. The van der Waals surface area contributed by atoms with Gasteiger partial charge in [-0.2, -0.15) is 0 Å². The summed E-state index contributed by atoms with van der Waals surface area (Å²) in [6.45, 7) is 0.720. The molecule has 25 heavy (non-hydrogen) atoms. The zero-order chi connectivity index (χ0) is 17.6. The molecule has 0 bridgehead atoms. The topological polar surface area (TPSA) is 59.0 Å². The quantitative estimate of drug-likeness (QED) is 0.507. The second-order valence-electron chi connectivity index (χ2n) is 5.21. The van der Waals surface area contributed by atoms with Gasteiger partial charge >= 0.3 is 0 Å². The number of hydrogen-bond acceptors (Lipinski definition) is 3. The summed E-state index contributed by atoms with van der Waals surface area (Å²) in [6.07, 6.45) is 1.60. The third-order valence-corrected chi connectivity index (χ3v) is 4.05. The summed E-state index contributed by atoms with van der Waals surface area (Å²) in [4.78, 5) is 15.3. The van der Waals surface area contributed by atoms with Crippen LogP contribution in [0.5, 0.6) is 5.75 Å². The molecule has 2 N–H and O–H groups in total. The van der Waals surface area contributed by atoms with Crippen molar-refractivity contribution in [1.29, 1.82) is 0 Å². The second-order valence-corrected chi connectivity index (χ2v) is 6.03. The molecule has 0 aliphatic carbocycles. The monoisotopic (exact) mass is 373 g/mol. The molecule has 128 valence electrons. The zero-order valence-electron chi connectivity index (χ0n) is 13.2. The lowest BCUT2D eigenvalue weighted by Crippen LogP contribution is -2.29. The summed E-state index contributed by atoms with van der Waals surface area (Å²) in [6, 6.07) is 16.6. The van der Waals surface area contributed by atoms with Crippen LogP contribution in [0.3, 0.4) is 0 Å². The minimum Gasteiger partial charge on any atom is -0.492 e. The van der Waals surface area contributed by atoms with Crippen molar-refractivity contribution in [2.45, 2.75) is 0 Å². The maximum Gasteiger partial charge on any atom is 0.269 e. The van der Waals surface area contributed by atoms with Crippen molar-refractivity contribution >= 4 is 29.7 Å². The van der Waals surface area contributed by atoms with Crippen molar-refractivity contribution in [3.63, 3.8) is 0 Å². The number of aromatic amines is 1. The molecule has 5 nitrogen and oxygen atoms in total. The van der Waals surface area contributed by atoms with Crippen LogP contribution in [0.2, 0.25) is 5.02 Å². The first-order valence-corrected chi connectivity index (χ1v) is 8.46. The van der Waals surface area contributed by atoms with Gasteiger partial charge in [-0.15, -0.1) is 0 Å². The lowest BCUT2D eigenvalue weighted by Gasteiger charge is -2.10. The number of amides is 1. The minimum atomic E-state index is -0.226. The standard InChI is InChI=1S/C18H16ClN3O2S/c19-13-6-8-15(9-7-13)24-11-10-20-17(23)16-12-21-18(25)22(16)14-4-2-1-3-5-14/h1-9,12H,10-11H2,(H,20,23)(H,21,25). The fraction of sp³-hybridized carbons (Fsp3) is 0.111. The molecule has 0 atom stereocenters. The third-order valence-electron chi connectivity index (χ3n) is 3.49. The number of H-pyrrole nitrogens is 1. The summed E-state index contributed by atoms with van der Waals surface area (Å²) in [5.74, 6) is 0.475. The van der Waals surface area contributed by atoms with E-state index in [1.54, 1.807) is 35.0 Å². The van der Waals surface area contributed by atoms with Gasteiger partial charge in [0.15, 0.2) is 4.77 Å². The summed E-state index contributed by atoms with van der Waals surface area (Å²) in [5, 5.41) is 3.48. The number of benzene rings is 2. The van der Waals surface area contributed by atoms with Gasteiger partial charge < -0.3 is 15.0 Å². The lowest BCUT2D eigenvalue weighted by atomic mass is 10.3. The van der Waals surface area contributed by atoms with E-state index in [1.807, 2.05) is 30.3 Å². The second kappa shape index (κ2) is 8.00. The Morgan fingerprint density at radius 2 is 1.88 bits per heavy atom. The van der Waals surface area contributed by atoms with Crippen molar-refractivity contribution in [3.05, 3.63) is 76.3 Å². The number of halogens is 1. The molecule has 0 aliphatic heterocycles. The molecule has 3 aromatic rings. The molecule has 1 aromatic heterocycles. The Kier molecular flexibility index (Phi) is 5.53. The van der Waals surface area contributed by atoms with Crippen LogP contribution in [-0.2, 0) is 0 Å². The SMILES string of the molecule is O=C(NCCOc1ccc(Cl)cc1)c1c[nH]c(=S)n1-c1ccccc1. The highest BCUT2D eigenvalue weighted by atomic mass is 35.5. The van der Waals surface area contributed by atoms with E-state index < -0.39 is 0 Å². The smallest absolute Gasteiger partial charge is 0.269 e. The predicted octanol–water partition coefficient (Wildman–Crippen LogP) is 4.00. The Hall–Kier alpha value is -2.57. The summed E-state index contributed by atoms with van der Waals surface area (Å²) >= 11 is 11.1. The van der Waals surface area contributed by atoms with E-state index in [9.17, 15) is 4.79 Å². The molecule has 1 amide bonds. The number of ether oxygens (including phenoxy) is 1. The normalized spacial score (nSPS) is 10.4. The third kappa shape index (κ3) is 4.29. The number of para-hydroxylation sites is 1. The first kappa shape index (κ1) is 17.3. The molecule has 0 unspecified atom stereocenters. The van der Waals surface area contributed by atoms with Crippen LogP contribution in [0.15, 0.2) is 60.8 Å². The van der Waals surface area contributed by atoms with Crippen LogP contribution in [0, 0.1) is 4.77 Å². The fourth-order valence-electron chi connectivity index (χ4n) is 2.32. The number of carbonyl (C=O) groups is 1. The van der Waals surface area contributed by atoms with Crippen molar-refractivity contribution in [2.75, 3.05) is 13.2 Å². The number of aromatic nitrogens is 2. The molecule has 0 saturated heterocycles. The van der Waals surface area contributed by atoms with Crippen LogP contribution in [0.4, 0.5) is 0 Å². The number of carbonyl (C=O) groups excluding carboxylic acids is 1. The van der Waals surface area contributed by atoms with E-state index in [0.29, 0.717) is 34.4 Å². The zero-order valence-corrected chi connectivity index (χ0v) is 14.8. The van der Waals surface area contributed by atoms with Gasteiger partial charge in [0.2, 0.25) is 0 Å². The number of nitrogens with one attached hydrogen (secondary N) is 2. The summed E-state index contributed by atoms with van der Waals surface area (Å²) in [5.41, 5.74) is 1.28. The first-order valence-electron chi connectivity index (χ1n) is 7.67. The van der Waals surface area contributed by atoms with Crippen LogP contribution < -0.4 is 10.1 Å². The number of imidazole rings is 1. The molecule has 0 saturated carbocycles. The molecular weight excluding hydrogens is 358 g/mol. The van der Waals surface area contributed by atoms with Crippen molar-refractivity contribution in [1.82, 2.24) is 14.9 Å². The molecule has 2 aromatic carbocycles. The van der Waals surface area contributed by atoms with Crippen LogP contribution in [0.1, 0.15) is 10.5 Å². The van der Waals surface area contributed by atoms with Gasteiger partial charge in [0, 0.05) is 16.9 Å². The molecule has 0 spiro atoms. The molecule has 0 radical (unpaired) electrons. The summed E-state index contributed by atoms with van der Waals surface area (Å²) in [7, 11) is 0. The van der Waals surface area contributed by atoms with E-state index >= 15 is 0 Å². The van der Waals surface area contributed by atoms with Crippen molar-refractivity contribution < 1.29 is 9.53 Å². The van der Waals surface area contributed by atoms with E-state index in [0.717, 1.165) is 5.69 Å². The van der Waals surface area contributed by atoms with Gasteiger partial charge in [0.05, 0.1) is 6.54 Å². The van der Waals surface area contributed by atoms with Crippen LogP contribution in [0.25, 0.3) is 5.69 Å². The average molecular weight is 374 g/mol. The Balaban J connectivity index is 1.61. The summed E-state index contributed by atoms with van der Waals surface area (Å²) < 4.78 is 7.72. The van der Waals surface area contributed by atoms with Gasteiger partial charge in [0.1, 0.15) is 18.1 Å². The number of hydrogen-bond donors (Lipinski definition) is 2. The van der Waals surface area contributed by atoms with Gasteiger partial charge in [-0.1, -0.05) is 29.8 Å². The van der Waals surface area contributed by atoms with Crippen LogP contribution >= 0.6 is 23.8 Å². The Morgan fingerprint density at radius 1 is 1.16 bits per heavy atom. The number of nitrogens with zero attached hydrogens (tertiary/aromatic N) is 1. The first-order chi connectivity index (χ1) is 12.1. The van der Waals surface area contributed by atoms with Crippen LogP contribution in [-0.4, -0.2) is 28.6 Å². The highest BCUT2D eigenvalue weighted by Crippen LogP contribution is 2.15. The number of rotatable bonds is 6. The van der Waals surface area contributed by atoms with E-state index in [1.165, 1.54) is 0 Å². The van der Waals surface area contributed by atoms with Gasteiger partial charge in [-0.3, -0.25) is 9.36 Å². The van der Waals surface area contributed by atoms with Gasteiger partial charge in [-0.25, -0.2) is 0 Å². The Labute approximate surface area is 155 Å². The van der Waals surface area contributed by atoms with E-state index in [2.05, 4.69) is 10.3 Å². The molecule has 1 heterocycles. The maximum absolute atomic E-state index is 12.4. The largest absolute Gasteiger partial charge is 0.492 e.